The largest absolute Gasteiger partial charge is 0.367 e. The van der Waals surface area contributed by atoms with E-state index >= 15 is 0 Å². The second-order valence-electron chi connectivity index (χ2n) is 5.45. The normalized spacial score (nSPS) is 24.1. The number of rotatable bonds is 2. The van der Waals surface area contributed by atoms with E-state index in [4.69, 9.17) is 5.26 Å². The van der Waals surface area contributed by atoms with Crippen molar-refractivity contribution in [2.24, 2.45) is 5.92 Å². The van der Waals surface area contributed by atoms with Crippen LogP contribution in [-0.4, -0.2) is 11.0 Å². The molecule has 0 aliphatic heterocycles. The van der Waals surface area contributed by atoms with Gasteiger partial charge in [0.15, 0.2) is 0 Å². The summed E-state index contributed by atoms with van der Waals surface area (Å²) < 4.78 is 0. The minimum atomic E-state index is 0.510. The maximum Gasteiger partial charge on any atom is 0.127 e. The molecule has 2 atom stereocenters. The summed E-state index contributed by atoms with van der Waals surface area (Å²) in [6, 6.07) is 6.36. The van der Waals surface area contributed by atoms with Gasteiger partial charge in [-0.15, -0.1) is 0 Å². The Balaban J connectivity index is 2.04. The van der Waals surface area contributed by atoms with E-state index < -0.39 is 0 Å². The lowest BCUT2D eigenvalue weighted by molar-refractivity contribution is 0.502. The fraction of sp³-hybridized carbons (Fsp3) is 0.600. The van der Waals surface area contributed by atoms with Crippen LogP contribution in [0.25, 0.3) is 0 Å². The number of aromatic nitrogens is 1. The maximum atomic E-state index is 8.97. The fourth-order valence-corrected chi connectivity index (χ4v) is 2.65. The van der Waals surface area contributed by atoms with Crippen LogP contribution in [0.15, 0.2) is 12.1 Å². The van der Waals surface area contributed by atoms with Crippen molar-refractivity contribution in [3.05, 3.63) is 23.4 Å². The predicted molar refractivity (Wildman–Crippen MR) is 73.3 cm³/mol. The van der Waals surface area contributed by atoms with Crippen molar-refractivity contribution in [1.82, 2.24) is 4.98 Å². The second-order valence-corrected chi connectivity index (χ2v) is 5.45. The first-order valence-electron chi connectivity index (χ1n) is 6.82. The molecule has 0 aromatic carbocycles. The quantitative estimate of drug-likeness (QED) is 0.807. The van der Waals surface area contributed by atoms with Gasteiger partial charge in [-0.1, -0.05) is 19.8 Å². The number of nitriles is 1. The topological polar surface area (TPSA) is 48.7 Å². The lowest BCUT2D eigenvalue weighted by Gasteiger charge is -2.17. The highest BCUT2D eigenvalue weighted by Crippen LogP contribution is 2.24. The van der Waals surface area contributed by atoms with Gasteiger partial charge in [-0.25, -0.2) is 4.98 Å². The van der Waals surface area contributed by atoms with Gasteiger partial charge >= 0.3 is 0 Å². The Bertz CT molecular complexity index is 448. The Labute approximate surface area is 109 Å². The van der Waals surface area contributed by atoms with E-state index in [1.54, 1.807) is 0 Å². The van der Waals surface area contributed by atoms with E-state index in [-0.39, 0.29) is 0 Å². The molecule has 0 saturated heterocycles. The van der Waals surface area contributed by atoms with Crippen LogP contribution in [0.5, 0.6) is 0 Å². The number of hydrogen-bond acceptors (Lipinski definition) is 3. The van der Waals surface area contributed by atoms with Gasteiger partial charge in [-0.05, 0) is 44.2 Å². The van der Waals surface area contributed by atoms with Crippen LogP contribution in [0.2, 0.25) is 0 Å². The van der Waals surface area contributed by atoms with E-state index in [0.29, 0.717) is 11.6 Å². The molecule has 3 heteroatoms. The Kier molecular flexibility index (Phi) is 4.19. The summed E-state index contributed by atoms with van der Waals surface area (Å²) in [5.74, 6) is 1.70. The van der Waals surface area contributed by atoms with Gasteiger partial charge in [0.25, 0.3) is 0 Å². The molecule has 1 aliphatic rings. The highest BCUT2D eigenvalue weighted by Gasteiger charge is 2.16. The molecule has 1 saturated carbocycles. The van der Waals surface area contributed by atoms with Gasteiger partial charge in [-0.2, -0.15) is 5.26 Å². The zero-order chi connectivity index (χ0) is 13.0. The van der Waals surface area contributed by atoms with Crippen molar-refractivity contribution < 1.29 is 0 Å². The number of anilines is 1. The van der Waals surface area contributed by atoms with Crippen LogP contribution in [0.4, 0.5) is 5.82 Å². The molecule has 0 spiro atoms. The van der Waals surface area contributed by atoms with Gasteiger partial charge < -0.3 is 5.32 Å². The summed E-state index contributed by atoms with van der Waals surface area (Å²) in [5, 5.41) is 12.5. The zero-order valence-corrected chi connectivity index (χ0v) is 11.2. The zero-order valence-electron chi connectivity index (χ0n) is 11.2. The van der Waals surface area contributed by atoms with Gasteiger partial charge in [0.2, 0.25) is 0 Å². The van der Waals surface area contributed by atoms with Crippen LogP contribution < -0.4 is 5.32 Å². The summed E-state index contributed by atoms with van der Waals surface area (Å²) in [4.78, 5) is 4.46. The Morgan fingerprint density at radius 3 is 2.89 bits per heavy atom. The Morgan fingerprint density at radius 2 is 2.11 bits per heavy atom. The molecule has 96 valence electrons. The average Bonchev–Trinajstić information content (AvgIpc) is 2.54. The standard InChI is InChI=1S/C15H21N3/c1-11-4-3-5-14(7-6-11)18-15-9-13(10-16)8-12(2)17-15/h8-9,11,14H,3-7H2,1-2H3,(H,17,18). The SMILES string of the molecule is Cc1cc(C#N)cc(NC2CCCC(C)CC2)n1. The minimum Gasteiger partial charge on any atom is -0.367 e. The van der Waals surface area contributed by atoms with E-state index in [0.717, 1.165) is 17.4 Å². The van der Waals surface area contributed by atoms with E-state index in [1.807, 2.05) is 19.1 Å². The lowest BCUT2D eigenvalue weighted by atomic mass is 10.0. The first kappa shape index (κ1) is 12.9. The molecule has 1 aromatic heterocycles. The molecule has 1 heterocycles. The summed E-state index contributed by atoms with van der Waals surface area (Å²) in [7, 11) is 0. The molecule has 2 unspecified atom stereocenters. The molecule has 18 heavy (non-hydrogen) atoms. The number of hydrogen-bond donors (Lipinski definition) is 1. The van der Waals surface area contributed by atoms with E-state index in [9.17, 15) is 0 Å². The van der Waals surface area contributed by atoms with Crippen molar-refractivity contribution >= 4 is 5.82 Å². The molecule has 1 aliphatic carbocycles. The van der Waals surface area contributed by atoms with Gasteiger partial charge in [0, 0.05) is 11.7 Å². The highest BCUT2D eigenvalue weighted by molar-refractivity contribution is 5.44. The van der Waals surface area contributed by atoms with Crippen molar-refractivity contribution in [2.75, 3.05) is 5.32 Å². The van der Waals surface area contributed by atoms with Crippen molar-refractivity contribution in [3.8, 4) is 6.07 Å². The molecular formula is C15H21N3. The first-order valence-corrected chi connectivity index (χ1v) is 6.82. The monoisotopic (exact) mass is 243 g/mol. The van der Waals surface area contributed by atoms with Crippen molar-refractivity contribution in [3.63, 3.8) is 0 Å². The highest BCUT2D eigenvalue weighted by atomic mass is 15.0. The number of nitrogens with zero attached hydrogens (tertiary/aromatic N) is 2. The molecular weight excluding hydrogens is 222 g/mol. The molecule has 1 N–H and O–H groups in total. The summed E-state index contributed by atoms with van der Waals surface area (Å²) >= 11 is 0. The van der Waals surface area contributed by atoms with Crippen LogP contribution >= 0.6 is 0 Å². The molecule has 3 nitrogen and oxygen atoms in total. The first-order chi connectivity index (χ1) is 8.67. The molecule has 0 radical (unpaired) electrons. The third-order valence-electron chi connectivity index (χ3n) is 3.69. The van der Waals surface area contributed by atoms with Crippen LogP contribution in [0.1, 0.15) is 50.3 Å². The number of nitrogens with one attached hydrogen (secondary N) is 1. The predicted octanol–water partition coefficient (Wildman–Crippen LogP) is 3.64. The Hall–Kier alpha value is -1.56. The Morgan fingerprint density at radius 1 is 1.28 bits per heavy atom. The van der Waals surface area contributed by atoms with Crippen molar-refractivity contribution in [2.45, 2.75) is 52.0 Å². The van der Waals surface area contributed by atoms with E-state index in [1.165, 1.54) is 32.1 Å². The number of pyridine rings is 1. The molecule has 0 amide bonds. The smallest absolute Gasteiger partial charge is 0.127 e. The van der Waals surface area contributed by atoms with Crippen LogP contribution in [-0.2, 0) is 0 Å². The van der Waals surface area contributed by atoms with Crippen LogP contribution in [0.3, 0.4) is 0 Å². The molecule has 1 fully saturated rings. The second kappa shape index (κ2) is 5.86. The summed E-state index contributed by atoms with van der Waals surface area (Å²) in [6.45, 7) is 4.27. The molecule has 0 bridgehead atoms. The average molecular weight is 243 g/mol. The van der Waals surface area contributed by atoms with Gasteiger partial charge in [0.1, 0.15) is 5.82 Å². The van der Waals surface area contributed by atoms with Crippen molar-refractivity contribution in [1.29, 1.82) is 5.26 Å². The summed E-state index contributed by atoms with van der Waals surface area (Å²) in [6.07, 6.45) is 6.33. The van der Waals surface area contributed by atoms with Gasteiger partial charge in [0.05, 0.1) is 11.6 Å². The maximum absolute atomic E-state index is 8.97. The third-order valence-corrected chi connectivity index (χ3v) is 3.69. The van der Waals surface area contributed by atoms with Gasteiger partial charge in [-0.3, -0.25) is 0 Å². The number of aryl methyl sites for hydroxylation is 1. The van der Waals surface area contributed by atoms with Crippen LogP contribution in [0, 0.1) is 24.2 Å². The van der Waals surface area contributed by atoms with E-state index in [2.05, 4.69) is 23.3 Å². The lowest BCUT2D eigenvalue weighted by Crippen LogP contribution is -2.19. The summed E-state index contributed by atoms with van der Waals surface area (Å²) in [5.41, 5.74) is 1.59. The molecule has 1 aromatic rings. The minimum absolute atomic E-state index is 0.510. The fourth-order valence-electron chi connectivity index (χ4n) is 2.65. The third kappa shape index (κ3) is 3.46. The molecule has 2 rings (SSSR count).